The largest absolute Gasteiger partial charge is 0.492 e. The lowest BCUT2D eigenvalue weighted by Crippen LogP contribution is -2.25. The summed E-state index contributed by atoms with van der Waals surface area (Å²) in [4.78, 5) is 7.08. The second-order valence-electron chi connectivity index (χ2n) is 8.31. The third-order valence-corrected chi connectivity index (χ3v) is 6.02. The number of benzene rings is 2. The van der Waals surface area contributed by atoms with Gasteiger partial charge in [-0.05, 0) is 74.5 Å². The molecule has 7 heteroatoms. The Morgan fingerprint density at radius 1 is 0.939 bits per heavy atom. The zero-order valence-electron chi connectivity index (χ0n) is 18.3. The van der Waals surface area contributed by atoms with Crippen LogP contribution in [-0.2, 0) is 0 Å². The van der Waals surface area contributed by atoms with E-state index in [2.05, 4.69) is 20.3 Å². The first-order valence-corrected chi connectivity index (χ1v) is 11.4. The van der Waals surface area contributed by atoms with Gasteiger partial charge >= 0.3 is 0 Å². The zero-order valence-corrected chi connectivity index (χ0v) is 18.3. The van der Waals surface area contributed by atoms with Gasteiger partial charge in [-0.1, -0.05) is 24.3 Å². The molecule has 5 aromatic rings. The average Bonchev–Trinajstić information content (AvgIpc) is 3.59. The van der Waals surface area contributed by atoms with Gasteiger partial charge in [0.05, 0.1) is 0 Å². The Balaban J connectivity index is 1.17. The molecule has 1 N–H and O–H groups in total. The molecule has 6 rings (SSSR count). The number of aromatic nitrogens is 3. The normalized spacial score (nSPS) is 14.3. The van der Waals surface area contributed by atoms with Gasteiger partial charge in [0.1, 0.15) is 23.6 Å². The van der Waals surface area contributed by atoms with Gasteiger partial charge < -0.3 is 14.5 Å². The number of rotatable bonds is 7. The lowest BCUT2D eigenvalue weighted by atomic mass is 10.2. The maximum absolute atomic E-state index is 6.04. The Morgan fingerprint density at radius 3 is 2.64 bits per heavy atom. The summed E-state index contributed by atoms with van der Waals surface area (Å²) in [6.45, 7) is 4.08. The van der Waals surface area contributed by atoms with Crippen molar-refractivity contribution in [3.63, 3.8) is 0 Å². The van der Waals surface area contributed by atoms with Crippen LogP contribution in [0.15, 0.2) is 77.2 Å². The van der Waals surface area contributed by atoms with E-state index in [1.165, 1.54) is 25.9 Å². The van der Waals surface area contributed by atoms with Crippen LogP contribution in [0.2, 0.25) is 0 Å². The maximum atomic E-state index is 6.04. The first-order valence-electron chi connectivity index (χ1n) is 11.4. The lowest BCUT2D eigenvalue weighted by molar-refractivity contribution is 0.238. The van der Waals surface area contributed by atoms with Crippen LogP contribution < -0.4 is 10.1 Å². The summed E-state index contributed by atoms with van der Waals surface area (Å²) in [5.74, 6) is 2.16. The molecular formula is C26H25N5O2. The van der Waals surface area contributed by atoms with E-state index in [-0.39, 0.29) is 0 Å². The molecule has 3 aromatic heterocycles. The second-order valence-corrected chi connectivity index (χ2v) is 8.31. The predicted octanol–water partition coefficient (Wildman–Crippen LogP) is 5.36. The van der Waals surface area contributed by atoms with E-state index in [4.69, 9.17) is 9.15 Å². The lowest BCUT2D eigenvalue weighted by Gasteiger charge is -2.15. The molecule has 1 aliphatic heterocycles. The van der Waals surface area contributed by atoms with Crippen LogP contribution >= 0.6 is 0 Å². The van der Waals surface area contributed by atoms with Crippen LogP contribution in [0.4, 0.5) is 11.6 Å². The van der Waals surface area contributed by atoms with Crippen LogP contribution in [-0.4, -0.2) is 45.7 Å². The third-order valence-electron chi connectivity index (χ3n) is 6.02. The predicted molar refractivity (Wildman–Crippen MR) is 129 cm³/mol. The van der Waals surface area contributed by atoms with E-state index in [0.717, 1.165) is 46.1 Å². The van der Waals surface area contributed by atoms with Gasteiger partial charge in [0.15, 0.2) is 11.4 Å². The molecule has 0 spiro atoms. The maximum Gasteiger partial charge on any atom is 0.247 e. The van der Waals surface area contributed by atoms with Crippen molar-refractivity contribution in [3.05, 3.63) is 72.8 Å². The molecule has 4 heterocycles. The van der Waals surface area contributed by atoms with Crippen molar-refractivity contribution in [2.45, 2.75) is 12.8 Å². The number of ether oxygens (including phenoxy) is 1. The van der Waals surface area contributed by atoms with Crippen molar-refractivity contribution >= 4 is 28.3 Å². The summed E-state index contributed by atoms with van der Waals surface area (Å²) in [5, 5.41) is 9.02. The fraction of sp³-hybridized carbons (Fsp3) is 0.231. The van der Waals surface area contributed by atoms with Gasteiger partial charge in [0, 0.05) is 17.6 Å². The highest BCUT2D eigenvalue weighted by atomic mass is 16.5. The molecule has 1 saturated heterocycles. The minimum atomic E-state index is 0.529. The standard InChI is InChI=1S/C26H25N5O2/c1-2-8-23-19(6-1)18-24(33-23)22-7-5-9-25-28-26(29-31(22)25)27-20-10-12-21(13-11-20)32-17-16-30-14-3-4-15-30/h1-2,5-13,18H,3-4,14-17H2,(H,27,29). The molecule has 2 aromatic carbocycles. The molecule has 0 bridgehead atoms. The summed E-state index contributed by atoms with van der Waals surface area (Å²) in [5.41, 5.74) is 3.36. The number of hydrogen-bond acceptors (Lipinski definition) is 6. The molecule has 0 atom stereocenters. The summed E-state index contributed by atoms with van der Waals surface area (Å²) < 4.78 is 13.7. The van der Waals surface area contributed by atoms with Gasteiger partial charge in [-0.3, -0.25) is 4.90 Å². The smallest absolute Gasteiger partial charge is 0.247 e. The molecule has 166 valence electrons. The minimum Gasteiger partial charge on any atom is -0.492 e. The van der Waals surface area contributed by atoms with Crippen molar-refractivity contribution < 1.29 is 9.15 Å². The number of nitrogens with zero attached hydrogens (tertiary/aromatic N) is 4. The monoisotopic (exact) mass is 439 g/mol. The van der Waals surface area contributed by atoms with Crippen molar-refractivity contribution in [2.75, 3.05) is 31.6 Å². The van der Waals surface area contributed by atoms with E-state index in [9.17, 15) is 0 Å². The number of likely N-dealkylation sites (tertiary alicyclic amines) is 1. The molecule has 1 aliphatic rings. The Kier molecular flexibility index (Phi) is 5.16. The van der Waals surface area contributed by atoms with Crippen LogP contribution in [0.25, 0.3) is 28.1 Å². The molecule has 33 heavy (non-hydrogen) atoms. The fourth-order valence-corrected chi connectivity index (χ4v) is 4.32. The summed E-state index contributed by atoms with van der Waals surface area (Å²) in [6, 6.07) is 23.8. The first-order chi connectivity index (χ1) is 16.3. The number of nitrogens with one attached hydrogen (secondary N) is 1. The Bertz CT molecular complexity index is 1350. The fourth-order valence-electron chi connectivity index (χ4n) is 4.32. The van der Waals surface area contributed by atoms with Crippen molar-refractivity contribution in [1.29, 1.82) is 0 Å². The van der Waals surface area contributed by atoms with E-state index < -0.39 is 0 Å². The Labute approximate surface area is 191 Å². The van der Waals surface area contributed by atoms with Crippen molar-refractivity contribution in [3.8, 4) is 17.2 Å². The highest BCUT2D eigenvalue weighted by Crippen LogP contribution is 2.28. The topological polar surface area (TPSA) is 67.8 Å². The van der Waals surface area contributed by atoms with Crippen molar-refractivity contribution in [1.82, 2.24) is 19.5 Å². The summed E-state index contributed by atoms with van der Waals surface area (Å²) in [6.07, 6.45) is 2.61. The van der Waals surface area contributed by atoms with Crippen LogP contribution in [0, 0.1) is 0 Å². The molecule has 0 amide bonds. The van der Waals surface area contributed by atoms with Gasteiger partial charge in [0.2, 0.25) is 5.95 Å². The molecule has 0 unspecified atom stereocenters. The van der Waals surface area contributed by atoms with E-state index >= 15 is 0 Å². The molecule has 0 radical (unpaired) electrons. The number of hydrogen-bond donors (Lipinski definition) is 1. The molecule has 0 saturated carbocycles. The number of fused-ring (bicyclic) bond motifs is 2. The molecule has 7 nitrogen and oxygen atoms in total. The first kappa shape index (κ1) is 19.8. The minimum absolute atomic E-state index is 0.529. The number of furan rings is 1. The Morgan fingerprint density at radius 2 is 1.79 bits per heavy atom. The SMILES string of the molecule is c1ccc2oc(-c3cccc4nc(Nc5ccc(OCCN6CCCC6)cc5)nn34)cc2c1. The number of para-hydroxylation sites is 1. The van der Waals surface area contributed by atoms with Gasteiger partial charge in [0.25, 0.3) is 0 Å². The van der Waals surface area contributed by atoms with E-state index in [1.807, 2.05) is 72.8 Å². The third kappa shape index (κ3) is 4.15. The molecular weight excluding hydrogens is 414 g/mol. The molecule has 1 fully saturated rings. The van der Waals surface area contributed by atoms with E-state index in [0.29, 0.717) is 12.6 Å². The summed E-state index contributed by atoms with van der Waals surface area (Å²) >= 11 is 0. The highest BCUT2D eigenvalue weighted by Gasteiger charge is 2.13. The van der Waals surface area contributed by atoms with Gasteiger partial charge in [-0.2, -0.15) is 4.98 Å². The summed E-state index contributed by atoms with van der Waals surface area (Å²) in [7, 11) is 0. The van der Waals surface area contributed by atoms with E-state index in [1.54, 1.807) is 4.52 Å². The van der Waals surface area contributed by atoms with Gasteiger partial charge in [-0.25, -0.2) is 4.52 Å². The van der Waals surface area contributed by atoms with Gasteiger partial charge in [-0.15, -0.1) is 5.10 Å². The molecule has 0 aliphatic carbocycles. The quantitative estimate of drug-likeness (QED) is 0.368. The number of anilines is 2. The van der Waals surface area contributed by atoms with Crippen LogP contribution in [0.1, 0.15) is 12.8 Å². The number of pyridine rings is 1. The average molecular weight is 440 g/mol. The zero-order chi connectivity index (χ0) is 22.0. The van der Waals surface area contributed by atoms with Crippen molar-refractivity contribution in [2.24, 2.45) is 0 Å². The van der Waals surface area contributed by atoms with Crippen LogP contribution in [0.5, 0.6) is 5.75 Å². The second kappa shape index (κ2) is 8.60. The highest BCUT2D eigenvalue weighted by molar-refractivity contribution is 5.82. The Hall–Kier alpha value is -3.84. The van der Waals surface area contributed by atoms with Crippen LogP contribution in [0.3, 0.4) is 0 Å².